The molecule has 0 aliphatic heterocycles. The summed E-state index contributed by atoms with van der Waals surface area (Å²) < 4.78 is 26.4. The largest absolute Gasteiger partial charge is 0.350 e. The van der Waals surface area contributed by atoms with Gasteiger partial charge < -0.3 is 5.32 Å². The van der Waals surface area contributed by atoms with Crippen molar-refractivity contribution < 1.29 is 8.78 Å². The molecule has 0 spiro atoms. The van der Waals surface area contributed by atoms with E-state index in [2.05, 4.69) is 15.3 Å². The lowest BCUT2D eigenvalue weighted by Gasteiger charge is -2.07. The molecule has 1 aromatic carbocycles. The minimum Gasteiger partial charge on any atom is -0.350 e. The van der Waals surface area contributed by atoms with Gasteiger partial charge in [-0.15, -0.1) is 0 Å². The van der Waals surface area contributed by atoms with Crippen LogP contribution in [0.3, 0.4) is 0 Å². The van der Waals surface area contributed by atoms with Gasteiger partial charge in [0.25, 0.3) is 0 Å². The van der Waals surface area contributed by atoms with Crippen LogP contribution in [0.1, 0.15) is 17.0 Å². The van der Waals surface area contributed by atoms with E-state index in [0.29, 0.717) is 5.69 Å². The fraction of sp³-hybridized carbons (Fsp3) is 0.154. The normalized spacial score (nSPS) is 10.0. The lowest BCUT2D eigenvalue weighted by Crippen LogP contribution is -2.07. The van der Waals surface area contributed by atoms with Crippen LogP contribution in [0.2, 0.25) is 0 Å². The third-order valence-corrected chi connectivity index (χ3v) is 2.41. The van der Waals surface area contributed by atoms with Crippen LogP contribution in [0.15, 0.2) is 24.3 Å². The van der Waals surface area contributed by atoms with E-state index in [-0.39, 0.29) is 23.8 Å². The molecule has 0 fully saturated rings. The molecular weight excluding hydrogens is 250 g/mol. The van der Waals surface area contributed by atoms with E-state index in [0.717, 1.165) is 18.2 Å². The molecule has 6 heteroatoms. The van der Waals surface area contributed by atoms with Crippen LogP contribution in [-0.4, -0.2) is 9.97 Å². The number of rotatable bonds is 3. The summed E-state index contributed by atoms with van der Waals surface area (Å²) in [5, 5.41) is 11.5. The second-order valence-electron chi connectivity index (χ2n) is 3.92. The Balaban J connectivity index is 2.17. The van der Waals surface area contributed by atoms with E-state index < -0.39 is 11.6 Å². The van der Waals surface area contributed by atoms with E-state index in [1.807, 2.05) is 6.07 Å². The van der Waals surface area contributed by atoms with Crippen molar-refractivity contribution in [3.8, 4) is 6.07 Å². The highest BCUT2D eigenvalue weighted by atomic mass is 19.1. The van der Waals surface area contributed by atoms with Gasteiger partial charge in [-0.25, -0.2) is 18.7 Å². The van der Waals surface area contributed by atoms with Crippen molar-refractivity contribution in [2.24, 2.45) is 0 Å². The molecule has 1 heterocycles. The number of halogens is 2. The number of aryl methyl sites for hydroxylation is 1. The van der Waals surface area contributed by atoms with E-state index in [1.54, 1.807) is 6.92 Å². The van der Waals surface area contributed by atoms with Gasteiger partial charge in [-0.1, -0.05) is 0 Å². The summed E-state index contributed by atoms with van der Waals surface area (Å²) in [4.78, 5) is 7.98. The Morgan fingerprint density at radius 3 is 2.79 bits per heavy atom. The molecule has 0 bridgehead atoms. The molecule has 1 aromatic heterocycles. The highest BCUT2D eigenvalue weighted by Crippen LogP contribution is 2.12. The maximum absolute atomic E-state index is 13.4. The first-order valence-corrected chi connectivity index (χ1v) is 5.52. The van der Waals surface area contributed by atoms with Gasteiger partial charge in [0.2, 0.25) is 5.95 Å². The summed E-state index contributed by atoms with van der Waals surface area (Å²) in [5.41, 5.74) is 1.01. The summed E-state index contributed by atoms with van der Waals surface area (Å²) in [5.74, 6) is -0.816. The average Bonchev–Trinajstić information content (AvgIpc) is 2.39. The number of aromatic nitrogens is 2. The molecule has 2 rings (SSSR count). The Bertz CT molecular complexity index is 650. The van der Waals surface area contributed by atoms with Crippen molar-refractivity contribution in [3.05, 3.63) is 52.9 Å². The molecule has 0 unspecified atom stereocenters. The smallest absolute Gasteiger partial charge is 0.224 e. The van der Waals surface area contributed by atoms with Gasteiger partial charge in [0.1, 0.15) is 23.4 Å². The zero-order valence-electron chi connectivity index (χ0n) is 10.1. The van der Waals surface area contributed by atoms with Crippen molar-refractivity contribution in [1.82, 2.24) is 9.97 Å². The molecule has 0 radical (unpaired) electrons. The number of nitrogens with one attached hydrogen (secondary N) is 1. The fourth-order valence-electron chi connectivity index (χ4n) is 1.56. The van der Waals surface area contributed by atoms with Crippen LogP contribution >= 0.6 is 0 Å². The zero-order valence-corrected chi connectivity index (χ0v) is 10.1. The molecule has 0 saturated heterocycles. The fourth-order valence-corrected chi connectivity index (χ4v) is 1.56. The number of hydrogen-bond acceptors (Lipinski definition) is 4. The Morgan fingerprint density at radius 2 is 2.05 bits per heavy atom. The molecule has 1 N–H and O–H groups in total. The highest BCUT2D eigenvalue weighted by molar-refractivity contribution is 5.34. The van der Waals surface area contributed by atoms with Crippen molar-refractivity contribution in [2.75, 3.05) is 5.32 Å². The monoisotopic (exact) mass is 260 g/mol. The number of nitriles is 1. The van der Waals surface area contributed by atoms with Gasteiger partial charge in [0.15, 0.2) is 0 Å². The van der Waals surface area contributed by atoms with E-state index in [4.69, 9.17) is 5.26 Å². The molecular formula is C13H10F2N4. The van der Waals surface area contributed by atoms with Crippen LogP contribution in [0, 0.1) is 29.9 Å². The SMILES string of the molecule is Cc1cc(C#N)nc(NCc2cc(F)ccc2F)n1. The lowest BCUT2D eigenvalue weighted by atomic mass is 10.2. The third kappa shape index (κ3) is 3.22. The number of hydrogen-bond donors (Lipinski definition) is 1. The van der Waals surface area contributed by atoms with Crippen LogP contribution in [0.25, 0.3) is 0 Å². The van der Waals surface area contributed by atoms with Gasteiger partial charge in [-0.2, -0.15) is 5.26 Å². The van der Waals surface area contributed by atoms with Crippen LogP contribution in [-0.2, 0) is 6.54 Å². The molecule has 19 heavy (non-hydrogen) atoms. The van der Waals surface area contributed by atoms with Gasteiger partial charge in [-0.05, 0) is 31.2 Å². The zero-order chi connectivity index (χ0) is 13.8. The molecule has 0 aliphatic carbocycles. The molecule has 4 nitrogen and oxygen atoms in total. The molecule has 0 amide bonds. The third-order valence-electron chi connectivity index (χ3n) is 2.41. The first kappa shape index (κ1) is 12.9. The number of benzene rings is 1. The summed E-state index contributed by atoms with van der Waals surface area (Å²) in [6, 6.07) is 6.65. The Labute approximate surface area is 108 Å². The molecule has 0 saturated carbocycles. The van der Waals surface area contributed by atoms with Crippen LogP contribution in [0.5, 0.6) is 0 Å². The highest BCUT2D eigenvalue weighted by Gasteiger charge is 2.06. The topological polar surface area (TPSA) is 61.6 Å². The van der Waals surface area contributed by atoms with E-state index in [1.165, 1.54) is 6.07 Å². The minimum absolute atomic E-state index is 0.0396. The van der Waals surface area contributed by atoms with Crippen molar-refractivity contribution >= 4 is 5.95 Å². The van der Waals surface area contributed by atoms with E-state index in [9.17, 15) is 8.78 Å². The molecule has 0 aliphatic rings. The maximum atomic E-state index is 13.4. The number of nitrogens with zero attached hydrogens (tertiary/aromatic N) is 3. The molecule has 2 aromatic rings. The Kier molecular flexibility index (Phi) is 3.66. The second kappa shape index (κ2) is 5.40. The van der Waals surface area contributed by atoms with Crippen molar-refractivity contribution in [2.45, 2.75) is 13.5 Å². The van der Waals surface area contributed by atoms with Crippen molar-refractivity contribution in [1.29, 1.82) is 5.26 Å². The van der Waals surface area contributed by atoms with Crippen LogP contribution in [0.4, 0.5) is 14.7 Å². The number of anilines is 1. The summed E-state index contributed by atoms with van der Waals surface area (Å²) >= 11 is 0. The Morgan fingerprint density at radius 1 is 1.26 bits per heavy atom. The average molecular weight is 260 g/mol. The first-order valence-electron chi connectivity index (χ1n) is 5.52. The lowest BCUT2D eigenvalue weighted by molar-refractivity contribution is 0.587. The van der Waals surface area contributed by atoms with Gasteiger partial charge in [0.05, 0.1) is 0 Å². The summed E-state index contributed by atoms with van der Waals surface area (Å²) in [6.07, 6.45) is 0. The minimum atomic E-state index is -0.513. The van der Waals surface area contributed by atoms with E-state index >= 15 is 0 Å². The second-order valence-corrected chi connectivity index (χ2v) is 3.92. The summed E-state index contributed by atoms with van der Waals surface area (Å²) in [7, 11) is 0. The Hall–Kier alpha value is -2.55. The summed E-state index contributed by atoms with van der Waals surface area (Å²) in [6.45, 7) is 1.76. The predicted octanol–water partition coefficient (Wildman–Crippen LogP) is 2.55. The maximum Gasteiger partial charge on any atom is 0.224 e. The quantitative estimate of drug-likeness (QED) is 0.921. The first-order chi connectivity index (χ1) is 9.08. The van der Waals surface area contributed by atoms with Crippen LogP contribution < -0.4 is 5.32 Å². The van der Waals surface area contributed by atoms with Crippen molar-refractivity contribution in [3.63, 3.8) is 0 Å². The predicted molar refractivity (Wildman–Crippen MR) is 65.2 cm³/mol. The van der Waals surface area contributed by atoms with Gasteiger partial charge in [-0.3, -0.25) is 0 Å². The van der Waals surface area contributed by atoms with Gasteiger partial charge in [0, 0.05) is 17.8 Å². The van der Waals surface area contributed by atoms with Gasteiger partial charge >= 0.3 is 0 Å². The molecule has 96 valence electrons. The molecule has 0 atom stereocenters. The standard InChI is InChI=1S/C13H10F2N4/c1-8-4-11(6-16)19-13(18-8)17-7-9-5-10(14)2-3-12(9)15/h2-5H,7H2,1H3,(H,17,18,19).